The molecule has 2 aliphatic rings. The summed E-state index contributed by atoms with van der Waals surface area (Å²) in [6, 6.07) is 0.519. The number of rotatable bonds is 0. The van der Waals surface area contributed by atoms with E-state index in [4.69, 9.17) is 0 Å². The molecule has 2 aliphatic heterocycles. The zero-order valence-electron chi connectivity index (χ0n) is 5.51. The molecule has 0 radical (unpaired) electrons. The van der Waals surface area contributed by atoms with Crippen molar-refractivity contribution in [2.45, 2.75) is 12.1 Å². The molecule has 0 aromatic rings. The Morgan fingerprint density at radius 1 is 0.800 bits per heavy atom. The molecule has 1 unspecified atom stereocenters. The Hall–Kier alpha value is -1.18. The van der Waals surface area contributed by atoms with Gasteiger partial charge in [-0.3, -0.25) is 9.98 Å². The number of allylic oxidation sites excluding steroid dienone is 2. The minimum atomic E-state index is 0.259. The van der Waals surface area contributed by atoms with E-state index in [-0.39, 0.29) is 12.1 Å². The second-order valence-electron chi connectivity index (χ2n) is 2.35. The first-order valence-corrected chi connectivity index (χ1v) is 3.37. The van der Waals surface area contributed by atoms with Crippen LogP contribution < -0.4 is 0 Å². The predicted molar refractivity (Wildman–Crippen MR) is 42.8 cm³/mol. The smallest absolute Gasteiger partial charge is 0.0942 e. The van der Waals surface area contributed by atoms with Gasteiger partial charge in [0.05, 0.1) is 12.1 Å². The van der Waals surface area contributed by atoms with E-state index in [2.05, 4.69) is 22.1 Å². The van der Waals surface area contributed by atoms with Crippen LogP contribution in [0.3, 0.4) is 0 Å². The Labute approximate surface area is 59.7 Å². The van der Waals surface area contributed by atoms with E-state index in [1.165, 1.54) is 0 Å². The molecule has 0 fully saturated rings. The van der Waals surface area contributed by atoms with Gasteiger partial charge in [-0.25, -0.2) is 0 Å². The molecule has 0 saturated heterocycles. The van der Waals surface area contributed by atoms with Gasteiger partial charge in [0.1, 0.15) is 0 Å². The van der Waals surface area contributed by atoms with Crippen LogP contribution in [0.1, 0.15) is 0 Å². The van der Waals surface area contributed by atoms with Crippen LogP contribution in [0.5, 0.6) is 0 Å². The molecular formula is C8H8N2. The van der Waals surface area contributed by atoms with E-state index in [9.17, 15) is 0 Å². The third kappa shape index (κ3) is 0.817. The highest BCUT2D eigenvalue weighted by Crippen LogP contribution is 2.12. The van der Waals surface area contributed by atoms with Gasteiger partial charge >= 0.3 is 0 Å². The summed E-state index contributed by atoms with van der Waals surface area (Å²) in [5.74, 6) is 0. The predicted octanol–water partition coefficient (Wildman–Crippen LogP) is 1.00. The number of aliphatic imine (C=N–C) groups is 2. The quantitative estimate of drug-likeness (QED) is 0.470. The lowest BCUT2D eigenvalue weighted by atomic mass is 10.1. The maximum atomic E-state index is 4.24. The van der Waals surface area contributed by atoms with Gasteiger partial charge in [0.15, 0.2) is 0 Å². The number of nitrogens with zero attached hydrogens (tertiary/aromatic N) is 2. The van der Waals surface area contributed by atoms with Crippen molar-refractivity contribution in [1.29, 1.82) is 0 Å². The topological polar surface area (TPSA) is 24.7 Å². The van der Waals surface area contributed by atoms with Crippen LogP contribution >= 0.6 is 0 Å². The minimum absolute atomic E-state index is 0.259. The summed E-state index contributed by atoms with van der Waals surface area (Å²) in [5.41, 5.74) is 0. The molecule has 0 bridgehead atoms. The third-order valence-electron chi connectivity index (χ3n) is 1.66. The molecule has 0 amide bonds. The third-order valence-corrected chi connectivity index (χ3v) is 1.66. The van der Waals surface area contributed by atoms with Crippen molar-refractivity contribution in [3.8, 4) is 0 Å². The Kier molecular flexibility index (Phi) is 1.24. The molecule has 0 spiro atoms. The lowest BCUT2D eigenvalue weighted by molar-refractivity contribution is 0.703. The highest BCUT2D eigenvalue weighted by molar-refractivity contribution is 5.77. The van der Waals surface area contributed by atoms with Crippen molar-refractivity contribution in [3.63, 3.8) is 0 Å². The van der Waals surface area contributed by atoms with Gasteiger partial charge in [0, 0.05) is 12.4 Å². The standard InChI is InChI=1S/C8H8N2/c1-3-7-8(9-5-1)4-2-6-10-7/h1-8H/t7-,8?/m1/s1. The molecule has 10 heavy (non-hydrogen) atoms. The first kappa shape index (κ1) is 5.59. The van der Waals surface area contributed by atoms with Gasteiger partial charge in [0.2, 0.25) is 0 Å². The molecule has 2 heterocycles. The molecule has 0 aromatic heterocycles. The van der Waals surface area contributed by atoms with Gasteiger partial charge < -0.3 is 0 Å². The zero-order chi connectivity index (χ0) is 6.81. The second-order valence-corrected chi connectivity index (χ2v) is 2.35. The number of hydrogen-bond acceptors (Lipinski definition) is 2. The fraction of sp³-hybridized carbons (Fsp3) is 0.250. The summed E-state index contributed by atoms with van der Waals surface area (Å²) in [6.45, 7) is 0. The van der Waals surface area contributed by atoms with E-state index in [0.29, 0.717) is 0 Å². The Bertz CT molecular complexity index is 186. The summed E-state index contributed by atoms with van der Waals surface area (Å²) < 4.78 is 0. The summed E-state index contributed by atoms with van der Waals surface area (Å²) in [4.78, 5) is 8.48. The van der Waals surface area contributed by atoms with Crippen LogP contribution in [0.4, 0.5) is 0 Å². The van der Waals surface area contributed by atoms with E-state index < -0.39 is 0 Å². The first-order valence-electron chi connectivity index (χ1n) is 3.37. The van der Waals surface area contributed by atoms with Gasteiger partial charge in [-0.15, -0.1) is 0 Å². The van der Waals surface area contributed by atoms with Crippen molar-refractivity contribution in [2.75, 3.05) is 0 Å². The maximum absolute atomic E-state index is 4.24. The van der Waals surface area contributed by atoms with Crippen molar-refractivity contribution >= 4 is 12.4 Å². The van der Waals surface area contributed by atoms with Gasteiger partial charge in [-0.2, -0.15) is 0 Å². The number of fused-ring (bicyclic) bond motifs is 1. The molecular weight excluding hydrogens is 124 g/mol. The monoisotopic (exact) mass is 132 g/mol. The van der Waals surface area contributed by atoms with Crippen molar-refractivity contribution in [1.82, 2.24) is 0 Å². The van der Waals surface area contributed by atoms with Crippen LogP contribution in [0.15, 0.2) is 34.3 Å². The van der Waals surface area contributed by atoms with Crippen LogP contribution in [0, 0.1) is 0 Å². The molecule has 0 saturated carbocycles. The summed E-state index contributed by atoms with van der Waals surface area (Å²) in [7, 11) is 0. The van der Waals surface area contributed by atoms with E-state index in [1.807, 2.05) is 24.6 Å². The van der Waals surface area contributed by atoms with Crippen LogP contribution in [-0.4, -0.2) is 24.5 Å². The lowest BCUT2D eigenvalue weighted by Crippen LogP contribution is -2.22. The first-order chi connectivity index (χ1) is 4.97. The normalized spacial score (nSPS) is 34.4. The fourth-order valence-electron chi connectivity index (χ4n) is 1.13. The van der Waals surface area contributed by atoms with E-state index in [1.54, 1.807) is 0 Å². The molecule has 50 valence electrons. The molecule has 0 aromatic carbocycles. The van der Waals surface area contributed by atoms with Crippen molar-refractivity contribution < 1.29 is 0 Å². The van der Waals surface area contributed by atoms with Crippen molar-refractivity contribution in [3.05, 3.63) is 24.3 Å². The highest BCUT2D eigenvalue weighted by Gasteiger charge is 2.16. The van der Waals surface area contributed by atoms with Gasteiger partial charge in [-0.1, -0.05) is 12.2 Å². The summed E-state index contributed by atoms with van der Waals surface area (Å²) >= 11 is 0. The second kappa shape index (κ2) is 2.21. The average molecular weight is 132 g/mol. The Balaban J connectivity index is 2.28. The summed E-state index contributed by atoms with van der Waals surface area (Å²) in [6.07, 6.45) is 11.7. The van der Waals surface area contributed by atoms with Crippen molar-refractivity contribution in [2.24, 2.45) is 9.98 Å². The van der Waals surface area contributed by atoms with Gasteiger partial charge in [-0.05, 0) is 12.2 Å². The zero-order valence-corrected chi connectivity index (χ0v) is 5.51. The molecule has 2 rings (SSSR count). The maximum Gasteiger partial charge on any atom is 0.0942 e. The van der Waals surface area contributed by atoms with Crippen LogP contribution in [0.25, 0.3) is 0 Å². The molecule has 0 aliphatic carbocycles. The molecule has 2 atom stereocenters. The fourth-order valence-corrected chi connectivity index (χ4v) is 1.13. The largest absolute Gasteiger partial charge is 0.283 e. The summed E-state index contributed by atoms with van der Waals surface area (Å²) in [5, 5.41) is 0. The minimum Gasteiger partial charge on any atom is -0.283 e. The molecule has 2 nitrogen and oxygen atoms in total. The van der Waals surface area contributed by atoms with Crippen LogP contribution in [-0.2, 0) is 0 Å². The SMILES string of the molecule is C1=CC2N=CC=C[C@H]2N=C1. The van der Waals surface area contributed by atoms with Gasteiger partial charge in [0.25, 0.3) is 0 Å². The Morgan fingerprint density at radius 2 is 1.30 bits per heavy atom. The lowest BCUT2D eigenvalue weighted by Gasteiger charge is -2.18. The Morgan fingerprint density at radius 3 is 1.80 bits per heavy atom. The number of dihydropyridines is 2. The molecule has 2 heteroatoms. The molecule has 0 N–H and O–H groups in total. The van der Waals surface area contributed by atoms with E-state index in [0.717, 1.165) is 0 Å². The number of hydrogen-bond donors (Lipinski definition) is 0. The van der Waals surface area contributed by atoms with E-state index >= 15 is 0 Å². The highest BCUT2D eigenvalue weighted by atomic mass is 14.9. The average Bonchev–Trinajstić information content (AvgIpc) is 2.05. The van der Waals surface area contributed by atoms with Crippen LogP contribution in [0.2, 0.25) is 0 Å².